The number of hydrogen-bond donors (Lipinski definition) is 1. The minimum absolute atomic E-state index is 0.0193. The molecule has 0 atom stereocenters. The summed E-state index contributed by atoms with van der Waals surface area (Å²) < 4.78 is 19.6. The highest BCUT2D eigenvalue weighted by atomic mass is 79.9. The zero-order valence-electron chi connectivity index (χ0n) is 15.2. The number of benzene rings is 3. The van der Waals surface area contributed by atoms with Gasteiger partial charge < -0.3 is 10.1 Å². The molecule has 1 N–H and O–H groups in total. The Morgan fingerprint density at radius 1 is 1.10 bits per heavy atom. The normalized spacial score (nSPS) is 10.9. The Morgan fingerprint density at radius 2 is 1.90 bits per heavy atom. The van der Waals surface area contributed by atoms with Gasteiger partial charge in [-0.25, -0.2) is 4.39 Å². The largest absolute Gasteiger partial charge is 0.488 e. The van der Waals surface area contributed by atoms with E-state index in [0.717, 1.165) is 0 Å². The molecule has 1 amide bonds. The molecule has 0 unspecified atom stereocenters. The van der Waals surface area contributed by atoms with Crippen molar-refractivity contribution in [1.82, 2.24) is 0 Å². The van der Waals surface area contributed by atoms with E-state index in [1.165, 1.54) is 18.2 Å². The van der Waals surface area contributed by atoms with Gasteiger partial charge >= 0.3 is 0 Å². The minimum atomic E-state index is -0.485. The second-order valence-corrected chi connectivity index (χ2v) is 6.95. The Labute approximate surface area is 176 Å². The fourth-order valence-corrected chi connectivity index (χ4v) is 3.06. The van der Waals surface area contributed by atoms with Crippen LogP contribution in [0.5, 0.6) is 5.75 Å². The Hall–Kier alpha value is -3.43. The molecule has 29 heavy (non-hydrogen) atoms. The van der Waals surface area contributed by atoms with E-state index in [1.54, 1.807) is 54.6 Å². The molecule has 0 radical (unpaired) electrons. The van der Waals surface area contributed by atoms with Crippen molar-refractivity contribution >= 4 is 33.6 Å². The van der Waals surface area contributed by atoms with Gasteiger partial charge in [-0.15, -0.1) is 0 Å². The third kappa shape index (κ3) is 5.77. The molecule has 3 aromatic carbocycles. The monoisotopic (exact) mass is 450 g/mol. The van der Waals surface area contributed by atoms with Crippen LogP contribution in [0.2, 0.25) is 0 Å². The van der Waals surface area contributed by atoms with Crippen molar-refractivity contribution in [3.63, 3.8) is 0 Å². The van der Waals surface area contributed by atoms with Crippen molar-refractivity contribution in [2.75, 3.05) is 5.32 Å². The van der Waals surface area contributed by atoms with Gasteiger partial charge in [-0.3, -0.25) is 4.79 Å². The van der Waals surface area contributed by atoms with Gasteiger partial charge in [0.2, 0.25) is 0 Å². The van der Waals surface area contributed by atoms with Crippen LogP contribution in [0.1, 0.15) is 11.1 Å². The third-order valence-electron chi connectivity index (χ3n) is 3.95. The Morgan fingerprint density at radius 3 is 2.59 bits per heavy atom. The average Bonchev–Trinajstić information content (AvgIpc) is 2.72. The van der Waals surface area contributed by atoms with Gasteiger partial charge in [-0.1, -0.05) is 36.4 Å². The number of para-hydroxylation sites is 1. The maximum absolute atomic E-state index is 13.3. The molecule has 0 fully saturated rings. The zero-order chi connectivity index (χ0) is 20.6. The Kier molecular flexibility index (Phi) is 6.77. The number of amides is 1. The van der Waals surface area contributed by atoms with E-state index in [9.17, 15) is 14.4 Å². The summed E-state index contributed by atoms with van der Waals surface area (Å²) in [5.41, 5.74) is 1.97. The van der Waals surface area contributed by atoms with Crippen LogP contribution in [-0.2, 0) is 11.4 Å². The van der Waals surface area contributed by atoms with E-state index in [2.05, 4.69) is 21.2 Å². The molecule has 0 aliphatic carbocycles. The number of nitriles is 1. The van der Waals surface area contributed by atoms with Crippen LogP contribution in [-0.4, -0.2) is 5.91 Å². The summed E-state index contributed by atoms with van der Waals surface area (Å²) in [6, 6.07) is 22.2. The number of hydrogen-bond acceptors (Lipinski definition) is 3. The van der Waals surface area contributed by atoms with Crippen LogP contribution < -0.4 is 10.1 Å². The third-order valence-corrected chi connectivity index (χ3v) is 4.57. The van der Waals surface area contributed by atoms with Crippen molar-refractivity contribution in [3.05, 3.63) is 99.8 Å². The summed E-state index contributed by atoms with van der Waals surface area (Å²) in [4.78, 5) is 12.3. The van der Waals surface area contributed by atoms with Crippen molar-refractivity contribution in [1.29, 1.82) is 5.26 Å². The molecule has 0 heterocycles. The smallest absolute Gasteiger partial charge is 0.266 e. The Bertz CT molecular complexity index is 1090. The number of carbonyl (C=O) groups is 1. The molecule has 3 aromatic rings. The summed E-state index contributed by atoms with van der Waals surface area (Å²) in [5.74, 6) is -0.233. The number of nitrogens with zero attached hydrogens (tertiary/aromatic N) is 1. The van der Waals surface area contributed by atoms with Crippen molar-refractivity contribution in [2.24, 2.45) is 0 Å². The van der Waals surface area contributed by atoms with Gasteiger partial charge in [0.05, 0.1) is 4.47 Å². The molecule has 3 rings (SSSR count). The maximum Gasteiger partial charge on any atom is 0.266 e. The number of nitrogens with one attached hydrogen (secondary N) is 1. The summed E-state index contributed by atoms with van der Waals surface area (Å²) in [6.07, 6.45) is 1.50. The average molecular weight is 451 g/mol. The van der Waals surface area contributed by atoms with E-state index in [-0.39, 0.29) is 18.0 Å². The topological polar surface area (TPSA) is 62.1 Å². The lowest BCUT2D eigenvalue weighted by Crippen LogP contribution is -2.13. The van der Waals surface area contributed by atoms with Crippen molar-refractivity contribution < 1.29 is 13.9 Å². The highest BCUT2D eigenvalue weighted by Crippen LogP contribution is 2.28. The van der Waals surface area contributed by atoms with Crippen LogP contribution in [0.15, 0.2) is 82.8 Å². The van der Waals surface area contributed by atoms with Crippen LogP contribution in [0.4, 0.5) is 10.1 Å². The first kappa shape index (κ1) is 20.3. The first-order chi connectivity index (χ1) is 14.0. The van der Waals surface area contributed by atoms with Crippen molar-refractivity contribution in [2.45, 2.75) is 6.61 Å². The fraction of sp³-hybridized carbons (Fsp3) is 0.0435. The maximum atomic E-state index is 13.3. The summed E-state index contributed by atoms with van der Waals surface area (Å²) >= 11 is 3.43. The molecule has 6 heteroatoms. The molecule has 0 saturated carbocycles. The molecular weight excluding hydrogens is 435 g/mol. The van der Waals surface area contributed by atoms with Crippen molar-refractivity contribution in [3.8, 4) is 11.8 Å². The van der Waals surface area contributed by atoms with E-state index >= 15 is 0 Å². The molecule has 144 valence electrons. The van der Waals surface area contributed by atoms with Gasteiger partial charge in [0.15, 0.2) is 0 Å². The molecule has 0 spiro atoms. The predicted octanol–water partition coefficient (Wildman–Crippen LogP) is 5.71. The second kappa shape index (κ2) is 9.67. The standard InChI is InChI=1S/C23H16BrFN2O2/c24-21-13-16(9-10-22(21)29-15-17-5-4-6-19(25)12-17)11-18(14-26)23(28)27-20-7-2-1-3-8-20/h1-13H,15H2,(H,27,28)/b18-11-. The van der Waals surface area contributed by atoms with Gasteiger partial charge in [0, 0.05) is 5.69 Å². The second-order valence-electron chi connectivity index (χ2n) is 6.10. The molecule has 0 aliphatic rings. The summed E-state index contributed by atoms with van der Waals surface area (Å²) in [6.45, 7) is 0.217. The lowest BCUT2D eigenvalue weighted by molar-refractivity contribution is -0.112. The Balaban J connectivity index is 1.71. The highest BCUT2D eigenvalue weighted by molar-refractivity contribution is 9.10. The molecular formula is C23H16BrFN2O2. The van der Waals surface area contributed by atoms with Crippen LogP contribution in [0.25, 0.3) is 6.08 Å². The minimum Gasteiger partial charge on any atom is -0.488 e. The van der Waals surface area contributed by atoms with E-state index in [4.69, 9.17) is 4.74 Å². The van der Waals surface area contributed by atoms with E-state index in [1.807, 2.05) is 12.1 Å². The van der Waals surface area contributed by atoms with Gasteiger partial charge in [0.1, 0.15) is 29.8 Å². The SMILES string of the molecule is N#C/C(=C/c1ccc(OCc2cccc(F)c2)c(Br)c1)C(=O)Nc1ccccc1. The van der Waals surface area contributed by atoms with Crippen LogP contribution in [0, 0.1) is 17.1 Å². The van der Waals surface area contributed by atoms with Gasteiger partial charge in [0.25, 0.3) is 5.91 Å². The van der Waals surface area contributed by atoms with Crippen LogP contribution >= 0.6 is 15.9 Å². The first-order valence-electron chi connectivity index (χ1n) is 8.70. The van der Waals surface area contributed by atoms with E-state index in [0.29, 0.717) is 27.0 Å². The van der Waals surface area contributed by atoms with Crippen LogP contribution in [0.3, 0.4) is 0 Å². The highest BCUT2D eigenvalue weighted by Gasteiger charge is 2.10. The zero-order valence-corrected chi connectivity index (χ0v) is 16.8. The number of carbonyl (C=O) groups excluding carboxylic acids is 1. The molecule has 0 saturated heterocycles. The lowest BCUT2D eigenvalue weighted by Gasteiger charge is -2.09. The van der Waals surface area contributed by atoms with Gasteiger partial charge in [-0.2, -0.15) is 5.26 Å². The molecule has 0 aromatic heterocycles. The summed E-state index contributed by atoms with van der Waals surface area (Å²) in [7, 11) is 0. The molecule has 0 aliphatic heterocycles. The fourth-order valence-electron chi connectivity index (χ4n) is 2.55. The summed E-state index contributed by atoms with van der Waals surface area (Å²) in [5, 5.41) is 12.0. The lowest BCUT2D eigenvalue weighted by atomic mass is 10.1. The molecule has 0 bridgehead atoms. The number of rotatable bonds is 6. The number of halogens is 2. The quantitative estimate of drug-likeness (QED) is 0.386. The predicted molar refractivity (Wildman–Crippen MR) is 114 cm³/mol. The van der Waals surface area contributed by atoms with Gasteiger partial charge in [-0.05, 0) is 69.5 Å². The van der Waals surface area contributed by atoms with E-state index < -0.39 is 5.91 Å². The number of anilines is 1. The number of ether oxygens (including phenoxy) is 1. The molecule has 4 nitrogen and oxygen atoms in total. The first-order valence-corrected chi connectivity index (χ1v) is 9.49.